The molecule has 1 aromatic rings. The van der Waals surface area contributed by atoms with E-state index in [2.05, 4.69) is 44.3 Å². The molecule has 0 amide bonds. The Morgan fingerprint density at radius 2 is 1.71 bits per heavy atom. The lowest BCUT2D eigenvalue weighted by Crippen LogP contribution is -2.08. The van der Waals surface area contributed by atoms with Gasteiger partial charge in [0.25, 0.3) is 0 Å². The molecule has 0 radical (unpaired) electrons. The maximum Gasteiger partial charge on any atom is -0.0104 e. The lowest BCUT2D eigenvalue weighted by atomic mass is 10.2. The molecule has 0 nitrogen and oxygen atoms in total. The molecule has 0 aliphatic heterocycles. The molecule has 0 aliphatic rings. The lowest BCUT2D eigenvalue weighted by molar-refractivity contribution is 1.51. The number of rotatable bonds is 5. The first-order valence-corrected chi connectivity index (χ1v) is 6.53. The van der Waals surface area contributed by atoms with Crippen LogP contribution in [0.15, 0.2) is 49.6 Å². The van der Waals surface area contributed by atoms with Crippen LogP contribution < -0.4 is 5.30 Å². The molecular weight excluding hydrogens is 187 g/mol. The average Bonchev–Trinajstić information content (AvgIpc) is 2.18. The fraction of sp³-hybridized carbons (Fsp3) is 0.231. The van der Waals surface area contributed by atoms with Gasteiger partial charge in [-0.05, 0) is 30.1 Å². The van der Waals surface area contributed by atoms with E-state index in [4.69, 9.17) is 0 Å². The van der Waals surface area contributed by atoms with Crippen molar-refractivity contribution in [3.05, 3.63) is 55.1 Å². The summed E-state index contributed by atoms with van der Waals surface area (Å²) < 4.78 is 0. The van der Waals surface area contributed by atoms with Crippen molar-refractivity contribution in [1.82, 2.24) is 0 Å². The maximum atomic E-state index is 3.82. The van der Waals surface area contributed by atoms with Crippen molar-refractivity contribution in [2.75, 3.05) is 12.3 Å². The lowest BCUT2D eigenvalue weighted by Gasteiger charge is -2.16. The van der Waals surface area contributed by atoms with Gasteiger partial charge in [0.15, 0.2) is 0 Å². The monoisotopic (exact) mass is 204 g/mol. The van der Waals surface area contributed by atoms with Gasteiger partial charge in [0, 0.05) is 0 Å². The highest BCUT2D eigenvalue weighted by molar-refractivity contribution is 7.66. The second kappa shape index (κ2) is 5.78. The second-order valence-electron chi connectivity index (χ2n) is 3.27. The van der Waals surface area contributed by atoms with Crippen LogP contribution in [0.4, 0.5) is 0 Å². The van der Waals surface area contributed by atoms with Crippen LogP contribution in [0.2, 0.25) is 0 Å². The van der Waals surface area contributed by atoms with Gasteiger partial charge in [-0.15, -0.1) is 13.2 Å². The summed E-state index contributed by atoms with van der Waals surface area (Å²) >= 11 is 0. The van der Waals surface area contributed by atoms with Crippen molar-refractivity contribution < 1.29 is 0 Å². The number of hydrogen-bond donors (Lipinski definition) is 0. The van der Waals surface area contributed by atoms with Gasteiger partial charge >= 0.3 is 0 Å². The van der Waals surface area contributed by atoms with Crippen LogP contribution in [0.5, 0.6) is 0 Å². The predicted molar refractivity (Wildman–Crippen MR) is 67.9 cm³/mol. The molecule has 1 aromatic carbocycles. The Morgan fingerprint density at radius 3 is 2.21 bits per heavy atom. The Hall–Kier alpha value is -0.870. The van der Waals surface area contributed by atoms with E-state index in [0.29, 0.717) is 0 Å². The van der Waals surface area contributed by atoms with Crippen LogP contribution in [0, 0.1) is 6.92 Å². The van der Waals surface area contributed by atoms with E-state index >= 15 is 0 Å². The maximum absolute atomic E-state index is 3.82. The Morgan fingerprint density at radius 1 is 1.14 bits per heavy atom. The molecule has 0 fully saturated rings. The Balaban J connectivity index is 2.91. The van der Waals surface area contributed by atoms with Crippen LogP contribution in [0.3, 0.4) is 0 Å². The van der Waals surface area contributed by atoms with Crippen LogP contribution in [0.1, 0.15) is 5.56 Å². The van der Waals surface area contributed by atoms with Gasteiger partial charge in [0.2, 0.25) is 0 Å². The van der Waals surface area contributed by atoms with Crippen LogP contribution in [0.25, 0.3) is 0 Å². The van der Waals surface area contributed by atoms with Gasteiger partial charge < -0.3 is 0 Å². The fourth-order valence-corrected chi connectivity index (χ4v) is 3.54. The first-order chi connectivity index (χ1) is 6.79. The minimum Gasteiger partial charge on any atom is -0.103 e. The molecule has 1 rings (SSSR count). The van der Waals surface area contributed by atoms with Crippen molar-refractivity contribution in [3.63, 3.8) is 0 Å². The van der Waals surface area contributed by atoms with E-state index in [0.717, 1.165) is 12.3 Å². The molecule has 0 aliphatic carbocycles. The number of aryl methyl sites for hydroxylation is 1. The average molecular weight is 204 g/mol. The topological polar surface area (TPSA) is 0 Å². The predicted octanol–water partition coefficient (Wildman–Crippen LogP) is 3.47. The van der Waals surface area contributed by atoms with Crippen molar-refractivity contribution in [2.45, 2.75) is 6.92 Å². The van der Waals surface area contributed by atoms with Gasteiger partial charge in [-0.2, -0.15) is 0 Å². The highest BCUT2D eigenvalue weighted by atomic mass is 31.1. The first kappa shape index (κ1) is 11.2. The minimum atomic E-state index is -0.113. The molecule has 0 heterocycles. The molecule has 14 heavy (non-hydrogen) atoms. The van der Waals surface area contributed by atoms with E-state index in [1.807, 2.05) is 12.2 Å². The largest absolute Gasteiger partial charge is 0.103 e. The van der Waals surface area contributed by atoms with Crippen LogP contribution >= 0.6 is 7.92 Å². The smallest absolute Gasteiger partial charge is 0.0104 e. The fourth-order valence-electron chi connectivity index (χ4n) is 1.50. The van der Waals surface area contributed by atoms with Crippen molar-refractivity contribution in [3.8, 4) is 0 Å². The summed E-state index contributed by atoms with van der Waals surface area (Å²) in [4.78, 5) is 0. The zero-order valence-electron chi connectivity index (χ0n) is 8.74. The summed E-state index contributed by atoms with van der Waals surface area (Å²) in [6, 6.07) is 8.61. The standard InChI is InChI=1S/C13H17P/c1-4-10-14(11-5-2)13-9-7-6-8-12(13)3/h4-9H,1-2,10-11H2,3H3. The van der Waals surface area contributed by atoms with Crippen molar-refractivity contribution in [1.29, 1.82) is 0 Å². The Kier molecular flexibility index (Phi) is 4.62. The molecule has 0 N–H and O–H groups in total. The summed E-state index contributed by atoms with van der Waals surface area (Å²) in [6.45, 7) is 9.82. The molecule has 74 valence electrons. The van der Waals surface area contributed by atoms with Gasteiger partial charge in [-0.1, -0.05) is 44.3 Å². The molecule has 0 atom stereocenters. The van der Waals surface area contributed by atoms with Gasteiger partial charge in [0.1, 0.15) is 0 Å². The van der Waals surface area contributed by atoms with E-state index in [1.54, 1.807) is 0 Å². The summed E-state index contributed by atoms with van der Waals surface area (Å²) in [7, 11) is -0.113. The number of hydrogen-bond acceptors (Lipinski definition) is 0. The normalized spacial score (nSPS) is 10.1. The van der Waals surface area contributed by atoms with Gasteiger partial charge in [-0.25, -0.2) is 0 Å². The summed E-state index contributed by atoms with van der Waals surface area (Å²) in [5.74, 6) is 0. The van der Waals surface area contributed by atoms with E-state index < -0.39 is 0 Å². The summed E-state index contributed by atoms with van der Waals surface area (Å²) in [6.07, 6.45) is 6.21. The van der Waals surface area contributed by atoms with Gasteiger partial charge in [-0.3, -0.25) is 0 Å². The molecular formula is C13H17P. The zero-order valence-corrected chi connectivity index (χ0v) is 9.63. The van der Waals surface area contributed by atoms with Crippen LogP contribution in [-0.2, 0) is 0 Å². The highest BCUT2D eigenvalue weighted by Gasteiger charge is 2.08. The highest BCUT2D eigenvalue weighted by Crippen LogP contribution is 2.35. The van der Waals surface area contributed by atoms with Crippen molar-refractivity contribution in [2.24, 2.45) is 0 Å². The second-order valence-corrected chi connectivity index (χ2v) is 5.56. The third-order valence-electron chi connectivity index (χ3n) is 2.16. The molecule has 0 bridgehead atoms. The summed E-state index contributed by atoms with van der Waals surface area (Å²) in [5, 5.41) is 1.49. The first-order valence-electron chi connectivity index (χ1n) is 4.82. The molecule has 0 spiro atoms. The van der Waals surface area contributed by atoms with Crippen LogP contribution in [-0.4, -0.2) is 12.3 Å². The molecule has 1 heteroatoms. The third-order valence-corrected chi connectivity index (χ3v) is 4.74. The number of benzene rings is 1. The minimum absolute atomic E-state index is 0.113. The number of allylic oxidation sites excluding steroid dienone is 2. The quantitative estimate of drug-likeness (QED) is 0.509. The molecule has 0 saturated heterocycles. The van der Waals surface area contributed by atoms with E-state index in [9.17, 15) is 0 Å². The zero-order chi connectivity index (χ0) is 10.4. The summed E-state index contributed by atoms with van der Waals surface area (Å²) in [5.41, 5.74) is 1.39. The third kappa shape index (κ3) is 2.82. The van der Waals surface area contributed by atoms with E-state index in [-0.39, 0.29) is 7.92 Å². The van der Waals surface area contributed by atoms with Gasteiger partial charge in [0.05, 0.1) is 0 Å². The SMILES string of the molecule is C=CCP(CC=C)c1ccccc1C. The molecule has 0 unspecified atom stereocenters. The molecule has 0 aromatic heterocycles. The Labute approximate surface area is 88.1 Å². The van der Waals surface area contributed by atoms with Crippen molar-refractivity contribution >= 4 is 13.2 Å². The molecule has 0 saturated carbocycles. The van der Waals surface area contributed by atoms with E-state index in [1.165, 1.54) is 10.9 Å². The Bertz CT molecular complexity index is 305.